The average molecular weight is 209 g/mol. The minimum Gasteiger partial charge on any atom is -0.540 e. The Bertz CT molecular complexity index is 223. The fraction of sp³-hybridized carbons (Fsp3) is 0.750. The number of carbonyl (C=O) groups is 2. The van der Waals surface area contributed by atoms with Crippen molar-refractivity contribution in [1.29, 1.82) is 0 Å². The molecule has 1 aliphatic rings. The van der Waals surface area contributed by atoms with Gasteiger partial charge in [0, 0.05) is 13.1 Å². The van der Waals surface area contributed by atoms with Gasteiger partial charge < -0.3 is 19.5 Å². The normalized spacial score (nSPS) is 26.6. The molecular weight excluding hydrogens is 197 g/mol. The molecule has 1 amide bonds. The summed E-state index contributed by atoms with van der Waals surface area (Å²) >= 11 is 0. The molecule has 2 unspecified atom stereocenters. The number of carboxylic acid groups (broad SMARTS) is 1. The molecule has 1 rings (SSSR count). The third-order valence-corrected chi connectivity index (χ3v) is 1.88. The van der Waals surface area contributed by atoms with Gasteiger partial charge in [-0.25, -0.2) is 0 Å². The summed E-state index contributed by atoms with van der Waals surface area (Å²) in [6.45, 7) is 4.23. The van der Waals surface area contributed by atoms with Crippen LogP contribution in [0.25, 0.3) is 0 Å². The number of hydrogen-bond donors (Lipinski definition) is 0. The zero-order valence-electron chi connectivity index (χ0n) is 8.65. The number of ether oxygens (including phenoxy) is 1. The smallest absolute Gasteiger partial charge is 0.540 e. The Labute approximate surface area is 105 Å². The number of nitrogens with zero attached hydrogens (tertiary/aromatic N) is 1. The van der Waals surface area contributed by atoms with Crippen molar-refractivity contribution < 1.29 is 49.0 Å². The molecule has 1 saturated heterocycles. The van der Waals surface area contributed by atoms with Gasteiger partial charge in [0.15, 0.2) is 0 Å². The maximum Gasteiger partial charge on any atom is 1.00 e. The molecular formula is C8H12NNaO4. The minimum absolute atomic E-state index is 0. The van der Waals surface area contributed by atoms with Gasteiger partial charge in [-0.1, -0.05) is 0 Å². The molecule has 14 heavy (non-hydrogen) atoms. The van der Waals surface area contributed by atoms with Crippen molar-refractivity contribution in [2.24, 2.45) is 0 Å². The minimum atomic E-state index is -1.65. The van der Waals surface area contributed by atoms with Crippen molar-refractivity contribution in [3.8, 4) is 0 Å². The van der Waals surface area contributed by atoms with Crippen LogP contribution in [-0.2, 0) is 14.3 Å². The molecule has 0 saturated carbocycles. The zero-order chi connectivity index (χ0) is 10.0. The molecule has 0 aromatic heterocycles. The van der Waals surface area contributed by atoms with Crippen molar-refractivity contribution in [2.75, 3.05) is 13.1 Å². The predicted octanol–water partition coefficient (Wildman–Crippen LogP) is -4.62. The van der Waals surface area contributed by atoms with Crippen molar-refractivity contribution in [2.45, 2.75) is 26.1 Å². The van der Waals surface area contributed by atoms with Crippen LogP contribution in [-0.4, -0.2) is 42.1 Å². The van der Waals surface area contributed by atoms with Crippen LogP contribution in [0.5, 0.6) is 0 Å². The van der Waals surface area contributed by atoms with Gasteiger partial charge in [-0.15, -0.1) is 0 Å². The standard InChI is InChI=1S/C8H13NO4.Na/c1-5-3-9(4-6(2)13-5)7(10)8(11)12;/h5-6H,3-4H2,1-2H3,(H,11,12);/q;+1/p-1. The van der Waals surface area contributed by atoms with Crippen molar-refractivity contribution in [3.63, 3.8) is 0 Å². The molecule has 74 valence electrons. The predicted molar refractivity (Wildman–Crippen MR) is 41.6 cm³/mol. The number of rotatable bonds is 0. The van der Waals surface area contributed by atoms with Gasteiger partial charge in [0.2, 0.25) is 0 Å². The van der Waals surface area contributed by atoms with Gasteiger partial charge >= 0.3 is 29.6 Å². The van der Waals surface area contributed by atoms with Crippen molar-refractivity contribution >= 4 is 11.9 Å². The van der Waals surface area contributed by atoms with Crippen LogP contribution in [0.4, 0.5) is 0 Å². The Hall–Kier alpha value is -0.100. The van der Waals surface area contributed by atoms with Gasteiger partial charge in [0.25, 0.3) is 5.91 Å². The van der Waals surface area contributed by atoms with Crippen LogP contribution in [0.3, 0.4) is 0 Å². The molecule has 0 aliphatic carbocycles. The Morgan fingerprint density at radius 3 is 2.07 bits per heavy atom. The van der Waals surface area contributed by atoms with Gasteiger partial charge in [-0.2, -0.15) is 0 Å². The summed E-state index contributed by atoms with van der Waals surface area (Å²) in [6, 6.07) is 0. The van der Waals surface area contributed by atoms with E-state index in [1.807, 2.05) is 0 Å². The molecule has 0 aromatic carbocycles. The summed E-state index contributed by atoms with van der Waals surface area (Å²) in [5.74, 6) is -2.61. The van der Waals surface area contributed by atoms with E-state index < -0.39 is 11.9 Å². The van der Waals surface area contributed by atoms with E-state index in [1.165, 1.54) is 4.90 Å². The number of morpholine rings is 1. The van der Waals surface area contributed by atoms with E-state index in [-0.39, 0.29) is 41.8 Å². The van der Waals surface area contributed by atoms with Crippen LogP contribution in [0.15, 0.2) is 0 Å². The summed E-state index contributed by atoms with van der Waals surface area (Å²) in [5, 5.41) is 10.3. The van der Waals surface area contributed by atoms with E-state index >= 15 is 0 Å². The molecule has 0 aromatic rings. The van der Waals surface area contributed by atoms with Gasteiger partial charge in [0.05, 0.1) is 12.2 Å². The van der Waals surface area contributed by atoms with Crippen molar-refractivity contribution in [1.82, 2.24) is 4.90 Å². The Morgan fingerprint density at radius 2 is 1.71 bits per heavy atom. The second-order valence-electron chi connectivity index (χ2n) is 3.25. The molecule has 5 nitrogen and oxygen atoms in total. The fourth-order valence-electron chi connectivity index (χ4n) is 1.47. The summed E-state index contributed by atoms with van der Waals surface area (Å²) in [4.78, 5) is 22.5. The van der Waals surface area contributed by atoms with E-state index in [2.05, 4.69) is 0 Å². The summed E-state index contributed by atoms with van der Waals surface area (Å²) < 4.78 is 5.34. The van der Waals surface area contributed by atoms with Crippen LogP contribution in [0.2, 0.25) is 0 Å². The first kappa shape index (κ1) is 13.9. The summed E-state index contributed by atoms with van der Waals surface area (Å²) in [5.41, 5.74) is 0. The van der Waals surface area contributed by atoms with Crippen LogP contribution in [0.1, 0.15) is 13.8 Å². The van der Waals surface area contributed by atoms with E-state index in [0.29, 0.717) is 13.1 Å². The zero-order valence-corrected chi connectivity index (χ0v) is 10.6. The molecule has 0 radical (unpaired) electrons. The second-order valence-corrected chi connectivity index (χ2v) is 3.25. The van der Waals surface area contributed by atoms with E-state index in [9.17, 15) is 14.7 Å². The average Bonchev–Trinajstić information content (AvgIpc) is 2.01. The van der Waals surface area contributed by atoms with Crippen LogP contribution >= 0.6 is 0 Å². The maximum absolute atomic E-state index is 11.0. The first-order valence-electron chi connectivity index (χ1n) is 4.16. The Balaban J connectivity index is 0.00000169. The summed E-state index contributed by atoms with van der Waals surface area (Å²) in [7, 11) is 0. The monoisotopic (exact) mass is 209 g/mol. The second kappa shape index (κ2) is 5.70. The van der Waals surface area contributed by atoms with Gasteiger partial charge in [-0.3, -0.25) is 4.79 Å². The fourth-order valence-corrected chi connectivity index (χ4v) is 1.47. The third kappa shape index (κ3) is 3.57. The number of hydrogen-bond acceptors (Lipinski definition) is 4. The molecule has 6 heteroatoms. The molecule has 0 bridgehead atoms. The van der Waals surface area contributed by atoms with E-state index in [4.69, 9.17) is 4.74 Å². The quantitative estimate of drug-likeness (QED) is 0.297. The first-order valence-corrected chi connectivity index (χ1v) is 4.16. The number of aliphatic carboxylic acids is 1. The SMILES string of the molecule is CC1CN(C(=O)C(=O)[O-])CC(C)O1.[Na+]. The maximum atomic E-state index is 11.0. The third-order valence-electron chi connectivity index (χ3n) is 1.88. The molecule has 2 atom stereocenters. The van der Waals surface area contributed by atoms with Gasteiger partial charge in [0.1, 0.15) is 5.97 Å². The van der Waals surface area contributed by atoms with Gasteiger partial charge in [-0.05, 0) is 13.8 Å². The van der Waals surface area contributed by atoms with Crippen LogP contribution < -0.4 is 34.7 Å². The van der Waals surface area contributed by atoms with E-state index in [0.717, 1.165) is 0 Å². The molecule has 1 aliphatic heterocycles. The Kier molecular flexibility index (Phi) is 5.66. The van der Waals surface area contributed by atoms with Crippen LogP contribution in [0, 0.1) is 0 Å². The molecule has 0 N–H and O–H groups in total. The first-order chi connectivity index (χ1) is 6.00. The molecule has 1 heterocycles. The Morgan fingerprint density at radius 1 is 1.29 bits per heavy atom. The van der Waals surface area contributed by atoms with E-state index in [1.54, 1.807) is 13.8 Å². The number of carbonyl (C=O) groups excluding carboxylic acids is 2. The summed E-state index contributed by atoms with van der Waals surface area (Å²) in [6.07, 6.45) is -0.237. The number of amides is 1. The molecule has 0 spiro atoms. The largest absolute Gasteiger partial charge is 1.00 e. The topological polar surface area (TPSA) is 69.7 Å². The molecule has 1 fully saturated rings. The number of carboxylic acids is 1. The van der Waals surface area contributed by atoms with Crippen molar-refractivity contribution in [3.05, 3.63) is 0 Å².